The van der Waals surface area contributed by atoms with Gasteiger partial charge in [0.05, 0.1) is 45.8 Å². The highest BCUT2D eigenvalue weighted by Crippen LogP contribution is 2.26. The summed E-state index contributed by atoms with van der Waals surface area (Å²) in [6.07, 6.45) is 6.82. The minimum absolute atomic E-state index is 0.280. The van der Waals surface area contributed by atoms with Crippen LogP contribution in [0.1, 0.15) is 46.0 Å². The van der Waals surface area contributed by atoms with Crippen LogP contribution in [0.5, 0.6) is 0 Å². The Bertz CT molecular complexity index is 2070. The van der Waals surface area contributed by atoms with Gasteiger partial charge < -0.3 is 5.32 Å². The third-order valence-corrected chi connectivity index (χ3v) is 6.80. The van der Waals surface area contributed by atoms with Crippen molar-refractivity contribution in [1.29, 1.82) is 0 Å². The molecule has 5 aromatic heterocycles. The van der Waals surface area contributed by atoms with E-state index in [0.29, 0.717) is 44.9 Å². The van der Waals surface area contributed by atoms with Gasteiger partial charge in [-0.05, 0) is 49.6 Å². The summed E-state index contributed by atoms with van der Waals surface area (Å²) < 4.78 is 3.18. The fourth-order valence-electron chi connectivity index (χ4n) is 4.85. The van der Waals surface area contributed by atoms with E-state index in [9.17, 15) is 9.59 Å². The zero-order valence-corrected chi connectivity index (χ0v) is 22.7. The van der Waals surface area contributed by atoms with E-state index < -0.39 is 6.04 Å². The van der Waals surface area contributed by atoms with E-state index in [1.54, 1.807) is 60.7 Å². The Morgan fingerprint density at radius 1 is 0.976 bits per heavy atom. The fraction of sp³-hybridized carbons (Fsp3) is 0.125. The van der Waals surface area contributed by atoms with Gasteiger partial charge in [-0.2, -0.15) is 5.10 Å². The van der Waals surface area contributed by atoms with Crippen molar-refractivity contribution in [2.75, 3.05) is 0 Å². The lowest BCUT2D eigenvalue weighted by Gasteiger charge is -2.19. The van der Waals surface area contributed by atoms with Gasteiger partial charge >= 0.3 is 0 Å². The molecule has 9 heteroatoms. The monoisotopic (exact) mass is 539 g/mol. The van der Waals surface area contributed by atoms with Gasteiger partial charge in [-0.3, -0.25) is 28.6 Å². The van der Waals surface area contributed by atoms with E-state index in [1.807, 2.05) is 50.4 Å². The summed E-state index contributed by atoms with van der Waals surface area (Å²) in [5.74, 6) is 5.83. The molecule has 1 atom stereocenters. The topological polar surface area (TPSA) is 107 Å². The molecular formula is C32H25N7O2. The van der Waals surface area contributed by atoms with E-state index in [4.69, 9.17) is 4.98 Å². The number of benzene rings is 1. The number of carbonyl (C=O) groups is 1. The first kappa shape index (κ1) is 25.6. The van der Waals surface area contributed by atoms with E-state index >= 15 is 0 Å². The molecule has 5 heterocycles. The van der Waals surface area contributed by atoms with Gasteiger partial charge in [0.25, 0.3) is 11.5 Å². The summed E-state index contributed by atoms with van der Waals surface area (Å²) in [6, 6.07) is 17.7. The molecule has 0 radical (unpaired) electrons. The third-order valence-electron chi connectivity index (χ3n) is 6.80. The Morgan fingerprint density at radius 2 is 1.80 bits per heavy atom. The van der Waals surface area contributed by atoms with Gasteiger partial charge in [-0.25, -0.2) is 4.98 Å². The molecule has 0 spiro atoms. The normalized spacial score (nSPS) is 11.7. The van der Waals surface area contributed by atoms with E-state index in [0.717, 1.165) is 10.9 Å². The number of carbonyl (C=O) groups excluding carboxylic acids is 1. The number of hydrogen-bond donors (Lipinski definition) is 1. The standard InChI is InChI=1S/C32H25N7O2/c1-20-27(30-24(18-34-20)11-8-16-33-30)31(40)36-21(2)29-28(23-9-5-4-6-10-23)32(41)39-25(12-7-13-26(39)37-29)15-14-22-17-35-38(3)19-22/h4-13,16-19,21H,1-3H3,(H,36,40). The Balaban J connectivity index is 1.48. The van der Waals surface area contributed by atoms with Crippen molar-refractivity contribution >= 4 is 22.5 Å². The van der Waals surface area contributed by atoms with Crippen molar-refractivity contribution in [3.05, 3.63) is 124 Å². The first-order valence-electron chi connectivity index (χ1n) is 13.0. The number of pyridine rings is 3. The SMILES string of the molecule is Cc1ncc2cccnc2c1C(=O)NC(C)c1nc2cccc(C#Cc3cnn(C)c3)n2c(=O)c1-c1ccccc1. The van der Waals surface area contributed by atoms with Gasteiger partial charge in [0.2, 0.25) is 0 Å². The maximum Gasteiger partial charge on any atom is 0.267 e. The van der Waals surface area contributed by atoms with Crippen LogP contribution >= 0.6 is 0 Å². The largest absolute Gasteiger partial charge is 0.344 e. The summed E-state index contributed by atoms with van der Waals surface area (Å²) in [6.45, 7) is 3.59. The lowest BCUT2D eigenvalue weighted by molar-refractivity contribution is 0.0939. The number of hydrogen-bond acceptors (Lipinski definition) is 6. The number of nitrogens with one attached hydrogen (secondary N) is 1. The van der Waals surface area contributed by atoms with Gasteiger partial charge in [0.1, 0.15) is 11.3 Å². The first-order valence-corrected chi connectivity index (χ1v) is 13.0. The summed E-state index contributed by atoms with van der Waals surface area (Å²) in [7, 11) is 1.82. The smallest absolute Gasteiger partial charge is 0.267 e. The molecule has 0 fully saturated rings. The molecule has 1 amide bonds. The molecule has 0 aliphatic rings. The second kappa shape index (κ2) is 10.5. The fourth-order valence-corrected chi connectivity index (χ4v) is 4.85. The highest BCUT2D eigenvalue weighted by Gasteiger charge is 2.24. The lowest BCUT2D eigenvalue weighted by Crippen LogP contribution is -2.31. The van der Waals surface area contributed by atoms with Crippen LogP contribution in [0.25, 0.3) is 27.7 Å². The molecule has 0 aliphatic heterocycles. The number of nitrogens with zero attached hydrogens (tertiary/aromatic N) is 6. The van der Waals surface area contributed by atoms with Crippen LogP contribution in [0, 0.1) is 18.8 Å². The average molecular weight is 540 g/mol. The average Bonchev–Trinajstić information content (AvgIpc) is 3.40. The van der Waals surface area contributed by atoms with Crippen molar-refractivity contribution in [3.63, 3.8) is 0 Å². The first-order chi connectivity index (χ1) is 19.9. The molecule has 1 aromatic carbocycles. The van der Waals surface area contributed by atoms with Crippen LogP contribution in [0.4, 0.5) is 0 Å². The van der Waals surface area contributed by atoms with Crippen LogP contribution in [0.15, 0.2) is 90.2 Å². The number of aromatic nitrogens is 6. The van der Waals surface area contributed by atoms with Crippen molar-refractivity contribution in [2.45, 2.75) is 19.9 Å². The zero-order chi connectivity index (χ0) is 28.5. The summed E-state index contributed by atoms with van der Waals surface area (Å²) in [4.78, 5) is 41.5. The third kappa shape index (κ3) is 4.83. The van der Waals surface area contributed by atoms with Crippen molar-refractivity contribution in [1.82, 2.24) is 34.4 Å². The number of rotatable bonds is 4. The van der Waals surface area contributed by atoms with Crippen LogP contribution in [-0.4, -0.2) is 35.0 Å². The Labute approximate surface area is 235 Å². The summed E-state index contributed by atoms with van der Waals surface area (Å²) in [5.41, 5.74) is 4.41. The maximum absolute atomic E-state index is 14.2. The molecule has 200 valence electrons. The molecule has 9 nitrogen and oxygen atoms in total. The molecule has 0 saturated heterocycles. The Morgan fingerprint density at radius 3 is 2.59 bits per heavy atom. The minimum Gasteiger partial charge on any atom is -0.344 e. The lowest BCUT2D eigenvalue weighted by atomic mass is 10.0. The molecule has 1 N–H and O–H groups in total. The van der Waals surface area contributed by atoms with Gasteiger partial charge in [0.15, 0.2) is 0 Å². The van der Waals surface area contributed by atoms with Gasteiger partial charge in [-0.15, -0.1) is 0 Å². The van der Waals surface area contributed by atoms with Gasteiger partial charge in [0, 0.05) is 31.0 Å². The predicted octanol–water partition coefficient (Wildman–Crippen LogP) is 4.24. The number of aryl methyl sites for hydroxylation is 2. The molecule has 41 heavy (non-hydrogen) atoms. The number of fused-ring (bicyclic) bond motifs is 2. The van der Waals surface area contributed by atoms with E-state index in [1.165, 1.54) is 4.40 Å². The molecule has 0 saturated carbocycles. The molecule has 0 bridgehead atoms. The van der Waals surface area contributed by atoms with Crippen molar-refractivity contribution in [3.8, 4) is 23.0 Å². The molecule has 1 unspecified atom stereocenters. The van der Waals surface area contributed by atoms with Crippen molar-refractivity contribution < 1.29 is 4.79 Å². The maximum atomic E-state index is 14.2. The summed E-state index contributed by atoms with van der Waals surface area (Å²) >= 11 is 0. The highest BCUT2D eigenvalue weighted by molar-refractivity contribution is 6.06. The second-order valence-corrected chi connectivity index (χ2v) is 9.66. The zero-order valence-electron chi connectivity index (χ0n) is 22.7. The van der Waals surface area contributed by atoms with Crippen LogP contribution in [0.2, 0.25) is 0 Å². The molecule has 6 aromatic rings. The number of amides is 1. The Kier molecular flexibility index (Phi) is 6.57. The van der Waals surface area contributed by atoms with Crippen molar-refractivity contribution in [2.24, 2.45) is 7.05 Å². The predicted molar refractivity (Wildman–Crippen MR) is 156 cm³/mol. The van der Waals surface area contributed by atoms with Crippen LogP contribution in [0.3, 0.4) is 0 Å². The second-order valence-electron chi connectivity index (χ2n) is 9.66. The van der Waals surface area contributed by atoms with Crippen LogP contribution < -0.4 is 10.9 Å². The quantitative estimate of drug-likeness (QED) is 0.336. The summed E-state index contributed by atoms with van der Waals surface area (Å²) in [5, 5.41) is 7.96. The van der Waals surface area contributed by atoms with E-state index in [-0.39, 0.29) is 11.5 Å². The molecule has 0 aliphatic carbocycles. The molecule has 6 rings (SSSR count). The minimum atomic E-state index is -0.612. The molecular weight excluding hydrogens is 514 g/mol. The van der Waals surface area contributed by atoms with Crippen LogP contribution in [-0.2, 0) is 7.05 Å². The van der Waals surface area contributed by atoms with E-state index in [2.05, 4.69) is 32.2 Å². The Hall–Kier alpha value is -5.62. The van der Waals surface area contributed by atoms with Gasteiger partial charge in [-0.1, -0.05) is 42.3 Å². The highest BCUT2D eigenvalue weighted by atomic mass is 16.2.